The van der Waals surface area contributed by atoms with Crippen LogP contribution in [0.3, 0.4) is 0 Å². The Morgan fingerprint density at radius 2 is 2.09 bits per heavy atom. The Kier molecular flexibility index (Phi) is 3.37. The van der Waals surface area contributed by atoms with E-state index >= 15 is 0 Å². The summed E-state index contributed by atoms with van der Waals surface area (Å²) in [5.41, 5.74) is 2.40. The molecular weight excluding hydrogens is 294 g/mol. The third kappa shape index (κ3) is 2.34. The van der Waals surface area contributed by atoms with E-state index in [2.05, 4.69) is 16.3 Å². The molecule has 0 aliphatic carbocycles. The van der Waals surface area contributed by atoms with Crippen LogP contribution in [0.15, 0.2) is 24.4 Å². The van der Waals surface area contributed by atoms with Gasteiger partial charge in [0.15, 0.2) is 5.69 Å². The number of aromatic carboxylic acids is 1. The molecule has 1 aromatic carbocycles. The smallest absolute Gasteiger partial charge is 0.358 e. The summed E-state index contributed by atoms with van der Waals surface area (Å²) in [4.78, 5) is 12.4. The first-order chi connectivity index (χ1) is 10.9. The lowest BCUT2D eigenvalue weighted by Gasteiger charge is -2.09. The van der Waals surface area contributed by atoms with Gasteiger partial charge in [0, 0.05) is 23.1 Å². The van der Waals surface area contributed by atoms with Gasteiger partial charge in [-0.2, -0.15) is 15.2 Å². The zero-order chi connectivity index (χ0) is 16.7. The molecule has 2 heterocycles. The van der Waals surface area contributed by atoms with Crippen LogP contribution in [0.4, 0.5) is 0 Å². The molecule has 3 rings (SSSR count). The summed E-state index contributed by atoms with van der Waals surface area (Å²) in [5, 5.41) is 27.4. The number of rotatable bonds is 3. The minimum absolute atomic E-state index is 0.0784. The molecule has 0 unspecified atom stereocenters. The summed E-state index contributed by atoms with van der Waals surface area (Å²) >= 11 is 0. The molecule has 0 radical (unpaired) electrons. The minimum Gasteiger partial charge on any atom is -0.476 e. The van der Waals surface area contributed by atoms with Gasteiger partial charge in [0.1, 0.15) is 6.07 Å². The summed E-state index contributed by atoms with van der Waals surface area (Å²) < 4.78 is 2.03. The third-order valence-electron chi connectivity index (χ3n) is 3.71. The van der Waals surface area contributed by atoms with E-state index in [0.29, 0.717) is 16.9 Å². The normalized spacial score (nSPS) is 11.1. The van der Waals surface area contributed by atoms with Crippen LogP contribution in [-0.2, 0) is 0 Å². The highest BCUT2D eigenvalue weighted by atomic mass is 16.4. The molecule has 0 spiro atoms. The van der Waals surface area contributed by atoms with Crippen LogP contribution in [0.25, 0.3) is 16.6 Å². The summed E-state index contributed by atoms with van der Waals surface area (Å²) in [7, 11) is 0. The Labute approximate surface area is 132 Å². The zero-order valence-corrected chi connectivity index (χ0v) is 13.0. The topological polar surface area (TPSA) is 96.7 Å². The van der Waals surface area contributed by atoms with E-state index in [1.165, 1.54) is 4.80 Å². The first-order valence-electron chi connectivity index (χ1n) is 7.14. The second-order valence-electron chi connectivity index (χ2n) is 5.59. The molecule has 7 heteroatoms. The molecule has 0 amide bonds. The highest BCUT2D eigenvalue weighted by Crippen LogP contribution is 2.26. The van der Waals surface area contributed by atoms with E-state index in [1.807, 2.05) is 36.7 Å². The number of carboxylic acid groups (broad SMARTS) is 1. The van der Waals surface area contributed by atoms with Crippen LogP contribution < -0.4 is 0 Å². The number of aromatic nitrogens is 4. The molecule has 1 N–H and O–H groups in total. The van der Waals surface area contributed by atoms with Crippen LogP contribution >= 0.6 is 0 Å². The largest absolute Gasteiger partial charge is 0.476 e. The Morgan fingerprint density at radius 3 is 2.65 bits per heavy atom. The number of carbonyl (C=O) groups is 1. The predicted octanol–water partition coefficient (Wildman–Crippen LogP) is 2.68. The molecule has 0 saturated carbocycles. The van der Waals surface area contributed by atoms with Gasteiger partial charge < -0.3 is 9.67 Å². The Morgan fingerprint density at radius 1 is 1.35 bits per heavy atom. The SMILES string of the molecule is Cc1nn(-c2ccc3c(c2)c(C#N)cn3C(C)C)nc1C(=O)O. The van der Waals surface area contributed by atoms with E-state index in [1.54, 1.807) is 13.0 Å². The van der Waals surface area contributed by atoms with Gasteiger partial charge in [-0.05, 0) is 39.0 Å². The number of nitrogens with zero attached hydrogens (tertiary/aromatic N) is 5. The number of hydrogen-bond donors (Lipinski definition) is 1. The number of aryl methyl sites for hydroxylation is 1. The molecule has 0 saturated heterocycles. The Bertz CT molecular complexity index is 959. The maximum absolute atomic E-state index is 11.1. The fraction of sp³-hybridized carbons (Fsp3) is 0.250. The summed E-state index contributed by atoms with van der Waals surface area (Å²) in [6.45, 7) is 5.69. The van der Waals surface area contributed by atoms with Crippen molar-refractivity contribution in [2.45, 2.75) is 26.8 Å². The maximum atomic E-state index is 11.1. The maximum Gasteiger partial charge on any atom is 0.358 e. The van der Waals surface area contributed by atoms with Crippen LogP contribution in [0.1, 0.15) is 41.6 Å². The Hall–Kier alpha value is -3.14. The molecule has 2 aromatic heterocycles. The number of benzene rings is 1. The van der Waals surface area contributed by atoms with Gasteiger partial charge in [0.2, 0.25) is 0 Å². The predicted molar refractivity (Wildman–Crippen MR) is 83.7 cm³/mol. The first kappa shape index (κ1) is 14.8. The van der Waals surface area contributed by atoms with Gasteiger partial charge in [0.05, 0.1) is 16.9 Å². The van der Waals surface area contributed by atoms with Crippen molar-refractivity contribution in [1.82, 2.24) is 19.6 Å². The van der Waals surface area contributed by atoms with Gasteiger partial charge in [-0.3, -0.25) is 0 Å². The van der Waals surface area contributed by atoms with Gasteiger partial charge >= 0.3 is 5.97 Å². The summed E-state index contributed by atoms with van der Waals surface area (Å²) in [6, 6.07) is 7.93. The van der Waals surface area contributed by atoms with Gasteiger partial charge in [-0.1, -0.05) is 0 Å². The Balaban J connectivity index is 2.19. The molecular formula is C16H15N5O2. The molecule has 23 heavy (non-hydrogen) atoms. The number of carboxylic acids is 1. The van der Waals surface area contributed by atoms with Crippen LogP contribution in [-0.4, -0.2) is 30.6 Å². The van der Waals surface area contributed by atoms with E-state index < -0.39 is 5.97 Å². The second kappa shape index (κ2) is 5.25. The number of nitriles is 1. The quantitative estimate of drug-likeness (QED) is 0.802. The monoisotopic (exact) mass is 309 g/mol. The van der Waals surface area contributed by atoms with Crippen molar-refractivity contribution in [3.63, 3.8) is 0 Å². The summed E-state index contributed by atoms with van der Waals surface area (Å²) in [6.07, 6.45) is 1.82. The van der Waals surface area contributed by atoms with Crippen molar-refractivity contribution in [3.8, 4) is 11.8 Å². The lowest BCUT2D eigenvalue weighted by atomic mass is 10.1. The van der Waals surface area contributed by atoms with Crippen LogP contribution in [0.5, 0.6) is 0 Å². The fourth-order valence-electron chi connectivity index (χ4n) is 2.58. The van der Waals surface area contributed by atoms with Crippen molar-refractivity contribution in [3.05, 3.63) is 41.3 Å². The lowest BCUT2D eigenvalue weighted by molar-refractivity contribution is 0.0689. The lowest BCUT2D eigenvalue weighted by Crippen LogP contribution is -2.02. The highest BCUT2D eigenvalue weighted by Gasteiger charge is 2.16. The number of hydrogen-bond acceptors (Lipinski definition) is 4. The van der Waals surface area contributed by atoms with Crippen molar-refractivity contribution in [2.24, 2.45) is 0 Å². The first-order valence-corrected chi connectivity index (χ1v) is 7.14. The molecule has 0 aliphatic heterocycles. The van der Waals surface area contributed by atoms with Gasteiger partial charge in [-0.25, -0.2) is 4.79 Å². The average molecular weight is 309 g/mol. The van der Waals surface area contributed by atoms with E-state index in [9.17, 15) is 10.1 Å². The van der Waals surface area contributed by atoms with Gasteiger partial charge in [0.25, 0.3) is 0 Å². The van der Waals surface area contributed by atoms with E-state index in [4.69, 9.17) is 5.11 Å². The van der Waals surface area contributed by atoms with Crippen LogP contribution in [0.2, 0.25) is 0 Å². The number of fused-ring (bicyclic) bond motifs is 1. The molecule has 3 aromatic rings. The molecule has 0 fully saturated rings. The van der Waals surface area contributed by atoms with Crippen molar-refractivity contribution in [1.29, 1.82) is 5.26 Å². The molecule has 0 aliphatic rings. The zero-order valence-electron chi connectivity index (χ0n) is 13.0. The minimum atomic E-state index is -1.11. The highest BCUT2D eigenvalue weighted by molar-refractivity contribution is 5.88. The van der Waals surface area contributed by atoms with E-state index in [-0.39, 0.29) is 11.7 Å². The molecule has 116 valence electrons. The van der Waals surface area contributed by atoms with Crippen LogP contribution in [0, 0.1) is 18.3 Å². The standard InChI is InChI=1S/C16H15N5O2/c1-9(2)20-8-11(7-17)13-6-12(4-5-14(13)20)21-18-10(3)15(19-21)16(22)23/h4-6,8-9H,1-3H3,(H,22,23). The summed E-state index contributed by atoms with van der Waals surface area (Å²) in [5.74, 6) is -1.11. The van der Waals surface area contributed by atoms with Gasteiger partial charge in [-0.15, -0.1) is 5.10 Å². The third-order valence-corrected chi connectivity index (χ3v) is 3.71. The van der Waals surface area contributed by atoms with Crippen molar-refractivity contribution in [2.75, 3.05) is 0 Å². The fourth-order valence-corrected chi connectivity index (χ4v) is 2.58. The van der Waals surface area contributed by atoms with Crippen molar-refractivity contribution >= 4 is 16.9 Å². The molecule has 7 nitrogen and oxygen atoms in total. The van der Waals surface area contributed by atoms with E-state index in [0.717, 1.165) is 10.9 Å². The molecule has 0 atom stereocenters. The van der Waals surface area contributed by atoms with Crippen molar-refractivity contribution < 1.29 is 9.90 Å². The average Bonchev–Trinajstić information content (AvgIpc) is 3.07. The second-order valence-corrected chi connectivity index (χ2v) is 5.59. The molecule has 0 bridgehead atoms.